The second-order valence-corrected chi connectivity index (χ2v) is 6.30. The van der Waals surface area contributed by atoms with Gasteiger partial charge in [-0.2, -0.15) is 0 Å². The number of aromatic nitrogens is 1. The molecule has 0 aliphatic rings. The van der Waals surface area contributed by atoms with Crippen molar-refractivity contribution in [2.45, 2.75) is 13.5 Å². The highest BCUT2D eigenvalue weighted by Crippen LogP contribution is 2.18. The van der Waals surface area contributed by atoms with Crippen molar-refractivity contribution in [1.82, 2.24) is 4.98 Å². The van der Waals surface area contributed by atoms with Crippen molar-refractivity contribution in [2.75, 3.05) is 16.8 Å². The fourth-order valence-corrected chi connectivity index (χ4v) is 2.75. The summed E-state index contributed by atoms with van der Waals surface area (Å²) < 4.78 is 0. The minimum atomic E-state index is -0.174. The molecule has 1 N–H and O–H groups in total. The van der Waals surface area contributed by atoms with Gasteiger partial charge in [0.05, 0.1) is 0 Å². The van der Waals surface area contributed by atoms with Crippen LogP contribution in [0.15, 0.2) is 72.9 Å². The monoisotopic (exact) mass is 365 g/mol. The summed E-state index contributed by atoms with van der Waals surface area (Å²) in [6, 6.07) is 20.8. The molecule has 0 spiro atoms. The lowest BCUT2D eigenvalue weighted by Crippen LogP contribution is -2.23. The molecule has 0 saturated heterocycles. The number of nitrogens with zero attached hydrogens (tertiary/aromatic N) is 2. The Bertz CT molecular complexity index is 866. The Balaban J connectivity index is 1.75. The Labute approximate surface area is 158 Å². The lowest BCUT2D eigenvalue weighted by Gasteiger charge is -2.22. The van der Waals surface area contributed by atoms with Crippen molar-refractivity contribution in [3.05, 3.63) is 89.1 Å². The van der Waals surface area contributed by atoms with Crippen molar-refractivity contribution >= 4 is 29.0 Å². The molecular formula is C21H20ClN3O. The Morgan fingerprint density at radius 1 is 1.08 bits per heavy atom. The molecule has 0 radical (unpaired) electrons. The first kappa shape index (κ1) is 18.0. The fourth-order valence-electron chi connectivity index (χ4n) is 2.63. The van der Waals surface area contributed by atoms with Gasteiger partial charge in [0.1, 0.15) is 5.82 Å². The van der Waals surface area contributed by atoms with Gasteiger partial charge in [0.2, 0.25) is 0 Å². The van der Waals surface area contributed by atoms with Gasteiger partial charge in [-0.15, -0.1) is 0 Å². The molecule has 2 aromatic carbocycles. The minimum Gasteiger partial charge on any atom is -0.353 e. The molecule has 0 aliphatic carbocycles. The summed E-state index contributed by atoms with van der Waals surface area (Å²) in [4.78, 5) is 19.1. The highest BCUT2D eigenvalue weighted by Gasteiger charge is 2.11. The molecule has 1 amide bonds. The summed E-state index contributed by atoms with van der Waals surface area (Å²) in [6.45, 7) is 3.61. The van der Waals surface area contributed by atoms with Crippen LogP contribution >= 0.6 is 11.6 Å². The van der Waals surface area contributed by atoms with E-state index < -0.39 is 0 Å². The first-order valence-corrected chi connectivity index (χ1v) is 8.85. The average molecular weight is 366 g/mol. The van der Waals surface area contributed by atoms with Crippen LogP contribution < -0.4 is 10.2 Å². The van der Waals surface area contributed by atoms with E-state index in [9.17, 15) is 4.79 Å². The van der Waals surface area contributed by atoms with Crippen LogP contribution in [0.5, 0.6) is 0 Å². The number of halogens is 1. The number of nitrogens with one attached hydrogen (secondary N) is 1. The summed E-state index contributed by atoms with van der Waals surface area (Å²) >= 11 is 5.88. The molecule has 5 heteroatoms. The number of rotatable bonds is 6. The van der Waals surface area contributed by atoms with E-state index in [2.05, 4.69) is 34.3 Å². The zero-order valence-corrected chi connectivity index (χ0v) is 15.3. The fraction of sp³-hybridized carbons (Fsp3) is 0.143. The SMILES string of the molecule is CCN(Cc1ccccc1)c1cc(C(=O)Nc2ccc(Cl)cc2)ccn1. The number of carbonyl (C=O) groups is 1. The first-order chi connectivity index (χ1) is 12.7. The zero-order chi connectivity index (χ0) is 18.4. The molecule has 26 heavy (non-hydrogen) atoms. The molecule has 4 nitrogen and oxygen atoms in total. The zero-order valence-electron chi connectivity index (χ0n) is 14.5. The molecule has 132 valence electrons. The summed E-state index contributed by atoms with van der Waals surface area (Å²) in [6.07, 6.45) is 1.67. The maximum atomic E-state index is 12.5. The van der Waals surface area contributed by atoms with Gasteiger partial charge >= 0.3 is 0 Å². The van der Waals surface area contributed by atoms with Crippen LogP contribution in [-0.4, -0.2) is 17.4 Å². The van der Waals surface area contributed by atoms with E-state index >= 15 is 0 Å². The van der Waals surface area contributed by atoms with Gasteiger partial charge in [0.25, 0.3) is 5.91 Å². The summed E-state index contributed by atoms with van der Waals surface area (Å²) in [5.74, 6) is 0.604. The third kappa shape index (κ3) is 4.61. The molecule has 0 saturated carbocycles. The number of hydrogen-bond donors (Lipinski definition) is 1. The molecule has 1 aromatic heterocycles. The van der Waals surface area contributed by atoms with Gasteiger partial charge in [0, 0.05) is 35.6 Å². The molecule has 3 rings (SSSR count). The van der Waals surface area contributed by atoms with E-state index in [4.69, 9.17) is 11.6 Å². The lowest BCUT2D eigenvalue weighted by molar-refractivity contribution is 0.102. The average Bonchev–Trinajstić information content (AvgIpc) is 2.69. The minimum absolute atomic E-state index is 0.174. The Hall–Kier alpha value is -2.85. The normalized spacial score (nSPS) is 10.4. The number of amides is 1. The predicted octanol–water partition coefficient (Wildman–Crippen LogP) is 5.01. The van der Waals surface area contributed by atoms with Crippen LogP contribution in [0.3, 0.4) is 0 Å². The van der Waals surface area contributed by atoms with Crippen molar-refractivity contribution < 1.29 is 4.79 Å². The third-order valence-corrected chi connectivity index (χ3v) is 4.28. The molecule has 0 aliphatic heterocycles. The van der Waals surface area contributed by atoms with E-state index in [0.717, 1.165) is 18.9 Å². The van der Waals surface area contributed by atoms with Crippen molar-refractivity contribution in [2.24, 2.45) is 0 Å². The van der Waals surface area contributed by atoms with Crippen LogP contribution in [0.25, 0.3) is 0 Å². The van der Waals surface area contributed by atoms with Crippen LogP contribution in [0.4, 0.5) is 11.5 Å². The summed E-state index contributed by atoms with van der Waals surface area (Å²) in [7, 11) is 0. The van der Waals surface area contributed by atoms with E-state index in [1.807, 2.05) is 24.3 Å². The Morgan fingerprint density at radius 2 is 1.81 bits per heavy atom. The number of carbonyl (C=O) groups excluding carboxylic acids is 1. The highest BCUT2D eigenvalue weighted by atomic mass is 35.5. The first-order valence-electron chi connectivity index (χ1n) is 8.47. The summed E-state index contributed by atoms with van der Waals surface area (Å²) in [5.41, 5.74) is 2.47. The van der Waals surface area contributed by atoms with Crippen molar-refractivity contribution in [1.29, 1.82) is 0 Å². The van der Waals surface area contributed by atoms with E-state index in [1.165, 1.54) is 5.56 Å². The maximum Gasteiger partial charge on any atom is 0.255 e. The number of hydrogen-bond acceptors (Lipinski definition) is 3. The van der Waals surface area contributed by atoms with Gasteiger partial charge in [0.15, 0.2) is 0 Å². The standard InChI is InChI=1S/C21H20ClN3O/c1-2-25(15-16-6-4-3-5-7-16)20-14-17(12-13-23-20)21(26)24-19-10-8-18(22)9-11-19/h3-14H,2,15H2,1H3,(H,24,26). The topological polar surface area (TPSA) is 45.2 Å². The van der Waals surface area contributed by atoms with E-state index in [1.54, 1.807) is 36.5 Å². The van der Waals surface area contributed by atoms with Gasteiger partial charge in [-0.25, -0.2) is 4.98 Å². The van der Waals surface area contributed by atoms with Gasteiger partial charge < -0.3 is 10.2 Å². The quantitative estimate of drug-likeness (QED) is 0.667. The van der Waals surface area contributed by atoms with E-state index in [0.29, 0.717) is 16.3 Å². The largest absolute Gasteiger partial charge is 0.353 e. The van der Waals surface area contributed by atoms with Crippen LogP contribution in [0, 0.1) is 0 Å². The number of benzene rings is 2. The maximum absolute atomic E-state index is 12.5. The molecule has 0 fully saturated rings. The number of anilines is 2. The predicted molar refractivity (Wildman–Crippen MR) is 107 cm³/mol. The van der Waals surface area contributed by atoms with Crippen LogP contribution in [0.2, 0.25) is 5.02 Å². The van der Waals surface area contributed by atoms with Gasteiger partial charge in [-0.05, 0) is 48.9 Å². The molecule has 0 unspecified atom stereocenters. The van der Waals surface area contributed by atoms with Crippen LogP contribution in [0.1, 0.15) is 22.8 Å². The van der Waals surface area contributed by atoms with Gasteiger partial charge in [-0.1, -0.05) is 41.9 Å². The Morgan fingerprint density at radius 3 is 2.50 bits per heavy atom. The summed E-state index contributed by atoms with van der Waals surface area (Å²) in [5, 5.41) is 3.51. The smallest absolute Gasteiger partial charge is 0.255 e. The highest BCUT2D eigenvalue weighted by molar-refractivity contribution is 6.30. The second-order valence-electron chi connectivity index (χ2n) is 5.86. The van der Waals surface area contributed by atoms with Crippen LogP contribution in [-0.2, 0) is 6.54 Å². The molecule has 0 bridgehead atoms. The molecular weight excluding hydrogens is 346 g/mol. The van der Waals surface area contributed by atoms with Gasteiger partial charge in [-0.3, -0.25) is 4.79 Å². The van der Waals surface area contributed by atoms with Crippen molar-refractivity contribution in [3.63, 3.8) is 0 Å². The van der Waals surface area contributed by atoms with E-state index in [-0.39, 0.29) is 5.91 Å². The third-order valence-electron chi connectivity index (χ3n) is 4.03. The Kier molecular flexibility index (Phi) is 5.87. The number of pyridine rings is 1. The van der Waals surface area contributed by atoms with Crippen molar-refractivity contribution in [3.8, 4) is 0 Å². The molecule has 1 heterocycles. The molecule has 3 aromatic rings. The molecule has 0 atom stereocenters. The lowest BCUT2D eigenvalue weighted by atomic mass is 10.2. The second kappa shape index (κ2) is 8.50.